The summed E-state index contributed by atoms with van der Waals surface area (Å²) in [5.41, 5.74) is 2.27. The number of aromatic amines is 2. The lowest BCUT2D eigenvalue weighted by molar-refractivity contribution is -0.0645. The summed E-state index contributed by atoms with van der Waals surface area (Å²) in [5.74, 6) is -0.268. The molecular formula is C17H28N5O9P. The van der Waals surface area contributed by atoms with E-state index in [0.29, 0.717) is 0 Å². The maximum absolute atomic E-state index is 12.5. The van der Waals surface area contributed by atoms with Gasteiger partial charge in [-0.2, -0.15) is 4.98 Å². The van der Waals surface area contributed by atoms with Gasteiger partial charge in [0.1, 0.15) is 12.2 Å². The molecule has 15 heteroatoms. The van der Waals surface area contributed by atoms with Gasteiger partial charge in [0, 0.05) is 6.42 Å². The van der Waals surface area contributed by atoms with Gasteiger partial charge in [-0.1, -0.05) is 6.92 Å². The minimum atomic E-state index is -4.49. The topological polar surface area (TPSA) is 226 Å². The third-order valence-corrected chi connectivity index (χ3v) is 7.81. The molecule has 1 aliphatic rings. The Kier molecular flexibility index (Phi) is 6.19. The molecule has 3 heterocycles. The summed E-state index contributed by atoms with van der Waals surface area (Å²) < 4.78 is 24.4. The minimum Gasteiger partial charge on any atom is -0.388 e. The number of nitrogens with two attached hydrogens (primary N) is 1. The van der Waals surface area contributed by atoms with Crippen molar-refractivity contribution in [2.75, 3.05) is 5.73 Å². The Balaban J connectivity index is 1.89. The van der Waals surface area contributed by atoms with E-state index in [0.717, 1.165) is 4.57 Å². The maximum atomic E-state index is 12.5. The van der Waals surface area contributed by atoms with Crippen LogP contribution in [-0.4, -0.2) is 69.0 Å². The van der Waals surface area contributed by atoms with Gasteiger partial charge in [0.15, 0.2) is 22.7 Å². The largest absolute Gasteiger partial charge is 0.388 e. The molecule has 0 bridgehead atoms. The standard InChI is InChI=1S/C17H28N5O9P/c1-5-17(4,27)32(28,29)31-16(2,3)6-7-9(23)10(24)13(30-7)22-11-8(19-15(22)26)12(25)21-14(18)20-11/h7,9-10,13,23-24,27H,5-6H2,1-4H3,(H,19,26)(H,28,29)(H3,18,20,21,25)/t7?,9?,10-,13-,17?/m1/s1. The summed E-state index contributed by atoms with van der Waals surface area (Å²) in [7, 11) is -4.49. The average molecular weight is 477 g/mol. The highest BCUT2D eigenvalue weighted by Crippen LogP contribution is 2.58. The summed E-state index contributed by atoms with van der Waals surface area (Å²) in [6.45, 7) is 5.61. The molecule has 180 valence electrons. The number of aliphatic hydroxyl groups is 3. The number of hydrogen-bond donors (Lipinski definition) is 7. The van der Waals surface area contributed by atoms with Crippen LogP contribution in [0.5, 0.6) is 0 Å². The SMILES string of the molecule is CCC(C)(O)P(=O)(O)OC(C)(C)CC1O[C@@H](n2c(=O)[nH]c3c(=O)[nH]c(N)nc32)[C@H](O)C1O. The molecule has 14 nitrogen and oxygen atoms in total. The van der Waals surface area contributed by atoms with Crippen molar-refractivity contribution in [1.82, 2.24) is 19.5 Å². The molecule has 1 fully saturated rings. The Morgan fingerprint density at radius 2 is 1.88 bits per heavy atom. The molecule has 0 spiro atoms. The zero-order valence-corrected chi connectivity index (χ0v) is 18.9. The number of aliphatic hydroxyl groups excluding tert-OH is 2. The first kappa shape index (κ1) is 24.6. The van der Waals surface area contributed by atoms with Gasteiger partial charge in [-0.15, -0.1) is 0 Å². The van der Waals surface area contributed by atoms with Crippen molar-refractivity contribution in [2.45, 2.75) is 76.0 Å². The van der Waals surface area contributed by atoms with Gasteiger partial charge >= 0.3 is 13.3 Å². The van der Waals surface area contributed by atoms with Crippen LogP contribution in [-0.2, 0) is 13.8 Å². The lowest BCUT2D eigenvalue weighted by Gasteiger charge is -2.35. The average Bonchev–Trinajstić information content (AvgIpc) is 3.11. The summed E-state index contributed by atoms with van der Waals surface area (Å²) >= 11 is 0. The van der Waals surface area contributed by atoms with E-state index in [9.17, 15) is 34.4 Å². The van der Waals surface area contributed by atoms with E-state index in [-0.39, 0.29) is 30.0 Å². The lowest BCUT2D eigenvalue weighted by Crippen LogP contribution is -2.38. The van der Waals surface area contributed by atoms with Crippen molar-refractivity contribution in [3.05, 3.63) is 20.8 Å². The first-order valence-corrected chi connectivity index (χ1v) is 11.5. The number of H-pyrrole nitrogens is 2. The van der Waals surface area contributed by atoms with Crippen LogP contribution in [0.1, 0.15) is 46.8 Å². The third kappa shape index (κ3) is 4.27. The Bertz CT molecular complexity index is 1170. The zero-order valence-electron chi connectivity index (χ0n) is 18.0. The second-order valence-corrected chi connectivity index (χ2v) is 10.8. The monoisotopic (exact) mass is 477 g/mol. The summed E-state index contributed by atoms with van der Waals surface area (Å²) in [6.07, 6.45) is -5.90. The molecule has 0 saturated carbocycles. The van der Waals surface area contributed by atoms with Crippen LogP contribution in [0.15, 0.2) is 9.59 Å². The van der Waals surface area contributed by atoms with Gasteiger partial charge in [0.2, 0.25) is 5.95 Å². The van der Waals surface area contributed by atoms with Crippen molar-refractivity contribution >= 4 is 24.7 Å². The van der Waals surface area contributed by atoms with E-state index in [1.54, 1.807) is 0 Å². The fourth-order valence-electron chi connectivity index (χ4n) is 3.53. The van der Waals surface area contributed by atoms with Gasteiger partial charge in [0.25, 0.3) is 5.56 Å². The number of imidazole rings is 1. The summed E-state index contributed by atoms with van der Waals surface area (Å²) in [5, 5.41) is 29.2. The van der Waals surface area contributed by atoms with Gasteiger partial charge < -0.3 is 35.2 Å². The first-order chi connectivity index (χ1) is 14.6. The molecule has 2 aromatic heterocycles. The van der Waals surface area contributed by atoms with Crippen molar-refractivity contribution in [3.8, 4) is 0 Å². The number of ether oxygens (including phenoxy) is 1. The van der Waals surface area contributed by atoms with Crippen molar-refractivity contribution in [2.24, 2.45) is 0 Å². The van der Waals surface area contributed by atoms with E-state index in [1.165, 1.54) is 27.7 Å². The van der Waals surface area contributed by atoms with Crippen LogP contribution >= 0.6 is 7.60 Å². The predicted octanol–water partition coefficient (Wildman–Crippen LogP) is -0.896. The molecule has 3 rings (SSSR count). The minimum absolute atomic E-state index is 0.0427. The fourth-order valence-corrected chi connectivity index (χ4v) is 4.87. The van der Waals surface area contributed by atoms with Crippen LogP contribution in [0.3, 0.4) is 0 Å². The van der Waals surface area contributed by atoms with Gasteiger partial charge in [-0.3, -0.25) is 19.3 Å². The van der Waals surface area contributed by atoms with Gasteiger partial charge in [-0.25, -0.2) is 9.36 Å². The maximum Gasteiger partial charge on any atom is 0.359 e. The van der Waals surface area contributed by atoms with Crippen molar-refractivity contribution in [1.29, 1.82) is 0 Å². The Labute approximate surface area is 181 Å². The smallest absolute Gasteiger partial charge is 0.359 e. The highest BCUT2D eigenvalue weighted by molar-refractivity contribution is 7.54. The highest BCUT2D eigenvalue weighted by Gasteiger charge is 2.50. The Hall–Kier alpha value is -2.06. The molecule has 8 N–H and O–H groups in total. The predicted molar refractivity (Wildman–Crippen MR) is 112 cm³/mol. The molecule has 1 aliphatic heterocycles. The molecule has 4 unspecified atom stereocenters. The number of nitrogen functional groups attached to an aromatic ring is 1. The molecule has 0 radical (unpaired) electrons. The van der Waals surface area contributed by atoms with E-state index < -0.39 is 54.3 Å². The molecular weight excluding hydrogens is 449 g/mol. The van der Waals surface area contributed by atoms with E-state index in [2.05, 4.69) is 15.0 Å². The highest BCUT2D eigenvalue weighted by atomic mass is 31.2. The van der Waals surface area contributed by atoms with E-state index in [1.807, 2.05) is 0 Å². The van der Waals surface area contributed by atoms with Crippen LogP contribution in [0, 0.1) is 0 Å². The molecule has 2 aromatic rings. The second-order valence-electron chi connectivity index (χ2n) is 8.64. The van der Waals surface area contributed by atoms with Crippen molar-refractivity contribution in [3.63, 3.8) is 0 Å². The molecule has 0 amide bonds. The molecule has 32 heavy (non-hydrogen) atoms. The normalized spacial score (nSPS) is 28.0. The van der Waals surface area contributed by atoms with Crippen molar-refractivity contribution < 1.29 is 34.0 Å². The second kappa shape index (κ2) is 8.06. The summed E-state index contributed by atoms with van der Waals surface area (Å²) in [4.78, 5) is 43.1. The van der Waals surface area contributed by atoms with Crippen LogP contribution in [0.4, 0.5) is 5.95 Å². The van der Waals surface area contributed by atoms with E-state index >= 15 is 0 Å². The van der Waals surface area contributed by atoms with Gasteiger partial charge in [0.05, 0.1) is 11.7 Å². The van der Waals surface area contributed by atoms with Crippen LogP contribution in [0.2, 0.25) is 0 Å². The van der Waals surface area contributed by atoms with Crippen LogP contribution < -0.4 is 17.0 Å². The summed E-state index contributed by atoms with van der Waals surface area (Å²) in [6, 6.07) is 0. The zero-order chi connectivity index (χ0) is 24.2. The number of rotatable bonds is 7. The molecule has 0 aromatic carbocycles. The number of aromatic nitrogens is 4. The van der Waals surface area contributed by atoms with Gasteiger partial charge in [-0.05, 0) is 27.2 Å². The van der Waals surface area contributed by atoms with Crippen LogP contribution in [0.25, 0.3) is 11.2 Å². The number of nitrogens with zero attached hydrogens (tertiary/aromatic N) is 2. The number of nitrogens with one attached hydrogen (secondary N) is 2. The van der Waals surface area contributed by atoms with E-state index in [4.69, 9.17) is 15.0 Å². The fraction of sp³-hybridized carbons (Fsp3) is 0.706. The number of fused-ring (bicyclic) bond motifs is 1. The molecule has 6 atom stereocenters. The molecule has 0 aliphatic carbocycles. The number of anilines is 1. The quantitative estimate of drug-likeness (QED) is 0.242. The third-order valence-electron chi connectivity index (χ3n) is 5.53. The Morgan fingerprint density at radius 3 is 2.47 bits per heavy atom. The molecule has 1 saturated heterocycles. The Morgan fingerprint density at radius 1 is 1.25 bits per heavy atom. The lowest BCUT2D eigenvalue weighted by atomic mass is 9.97. The first-order valence-electron chi connectivity index (χ1n) is 9.88. The number of hydrogen-bond acceptors (Lipinski definition) is 10.